The molecule has 0 atom stereocenters. The highest BCUT2D eigenvalue weighted by Crippen LogP contribution is 2.17. The highest BCUT2D eigenvalue weighted by molar-refractivity contribution is 5.90. The van der Waals surface area contributed by atoms with Gasteiger partial charge in [-0.05, 0) is 12.1 Å². The van der Waals surface area contributed by atoms with Crippen LogP contribution in [0.4, 0.5) is 5.69 Å². The van der Waals surface area contributed by atoms with Crippen LogP contribution in [-0.4, -0.2) is 26.2 Å². The summed E-state index contributed by atoms with van der Waals surface area (Å²) in [6, 6.07) is 7.08. The summed E-state index contributed by atoms with van der Waals surface area (Å²) in [4.78, 5) is 11.4. The molecular weight excluding hydrogens is 218 g/mol. The number of amides is 1. The minimum absolute atomic E-state index is 0.0963. The fraction of sp³-hybridized carbons (Fsp3) is 0.308. The summed E-state index contributed by atoms with van der Waals surface area (Å²) < 4.78 is 10.1. The molecule has 0 aliphatic heterocycles. The predicted molar refractivity (Wildman–Crippen MR) is 65.9 cm³/mol. The Morgan fingerprint density at radius 3 is 3.06 bits per heavy atom. The second-order valence-electron chi connectivity index (χ2n) is 3.31. The first-order chi connectivity index (χ1) is 8.26. The lowest BCUT2D eigenvalue weighted by Gasteiger charge is -2.07. The Balaban J connectivity index is 2.53. The van der Waals surface area contributed by atoms with Crippen molar-refractivity contribution in [2.24, 2.45) is 0 Å². The zero-order chi connectivity index (χ0) is 12.5. The van der Waals surface area contributed by atoms with Crippen molar-refractivity contribution in [1.29, 1.82) is 0 Å². The molecule has 0 bridgehead atoms. The van der Waals surface area contributed by atoms with Gasteiger partial charge in [-0.25, -0.2) is 0 Å². The predicted octanol–water partition coefficient (Wildman–Crippen LogP) is 1.67. The number of hydrogen-bond donors (Lipinski definition) is 1. The first kappa shape index (κ1) is 13.1. The van der Waals surface area contributed by atoms with Crippen molar-refractivity contribution in [3.8, 4) is 18.1 Å². The molecule has 90 valence electrons. The average molecular weight is 233 g/mol. The van der Waals surface area contributed by atoms with Gasteiger partial charge in [0.25, 0.3) is 0 Å². The van der Waals surface area contributed by atoms with Crippen molar-refractivity contribution in [3.05, 3.63) is 24.3 Å². The SMILES string of the molecule is C#CCOc1cccc(NC(=O)CCOC)c1. The van der Waals surface area contributed by atoms with E-state index in [-0.39, 0.29) is 12.5 Å². The fourth-order valence-electron chi connectivity index (χ4n) is 1.21. The van der Waals surface area contributed by atoms with Crippen molar-refractivity contribution in [1.82, 2.24) is 0 Å². The fourth-order valence-corrected chi connectivity index (χ4v) is 1.21. The van der Waals surface area contributed by atoms with Gasteiger partial charge in [0.1, 0.15) is 12.4 Å². The summed E-state index contributed by atoms with van der Waals surface area (Å²) >= 11 is 0. The van der Waals surface area contributed by atoms with Gasteiger partial charge < -0.3 is 14.8 Å². The van der Waals surface area contributed by atoms with E-state index >= 15 is 0 Å². The van der Waals surface area contributed by atoms with Crippen molar-refractivity contribution < 1.29 is 14.3 Å². The number of ether oxygens (including phenoxy) is 2. The summed E-state index contributed by atoms with van der Waals surface area (Å²) in [5.41, 5.74) is 0.681. The van der Waals surface area contributed by atoms with Gasteiger partial charge in [-0.2, -0.15) is 0 Å². The second-order valence-corrected chi connectivity index (χ2v) is 3.31. The average Bonchev–Trinajstić information content (AvgIpc) is 2.34. The molecule has 0 aliphatic rings. The zero-order valence-electron chi connectivity index (χ0n) is 9.73. The minimum atomic E-state index is -0.0963. The van der Waals surface area contributed by atoms with Crippen LogP contribution in [0.1, 0.15) is 6.42 Å². The maximum Gasteiger partial charge on any atom is 0.226 e. The van der Waals surface area contributed by atoms with Crippen LogP contribution in [0.2, 0.25) is 0 Å². The number of terminal acetylenes is 1. The Labute approximate surface area is 101 Å². The van der Waals surface area contributed by atoms with Gasteiger partial charge in [-0.1, -0.05) is 12.0 Å². The van der Waals surface area contributed by atoms with Crippen LogP contribution < -0.4 is 10.1 Å². The lowest BCUT2D eigenvalue weighted by atomic mass is 10.3. The van der Waals surface area contributed by atoms with Crippen molar-refractivity contribution in [2.45, 2.75) is 6.42 Å². The number of nitrogens with one attached hydrogen (secondary N) is 1. The van der Waals surface area contributed by atoms with Gasteiger partial charge in [0.05, 0.1) is 13.0 Å². The normalized spacial score (nSPS) is 9.41. The molecule has 0 unspecified atom stereocenters. The Kier molecular flexibility index (Phi) is 5.62. The number of carbonyl (C=O) groups excluding carboxylic acids is 1. The third-order valence-corrected chi connectivity index (χ3v) is 1.97. The molecule has 4 nitrogen and oxygen atoms in total. The molecule has 0 spiro atoms. The van der Waals surface area contributed by atoms with E-state index in [1.165, 1.54) is 0 Å². The molecule has 4 heteroatoms. The number of anilines is 1. The summed E-state index contributed by atoms with van der Waals surface area (Å²) in [5.74, 6) is 2.91. The standard InChI is InChI=1S/C13H15NO3/c1-3-8-17-12-6-4-5-11(10-12)14-13(15)7-9-16-2/h1,4-6,10H,7-9H2,2H3,(H,14,15). The Morgan fingerprint density at radius 2 is 2.35 bits per heavy atom. The van der Waals surface area contributed by atoms with Crippen LogP contribution >= 0.6 is 0 Å². The number of hydrogen-bond acceptors (Lipinski definition) is 3. The Morgan fingerprint density at radius 1 is 1.53 bits per heavy atom. The maximum absolute atomic E-state index is 11.4. The van der Waals surface area contributed by atoms with E-state index in [4.69, 9.17) is 15.9 Å². The van der Waals surface area contributed by atoms with Gasteiger partial charge in [0, 0.05) is 18.9 Å². The van der Waals surface area contributed by atoms with E-state index in [1.807, 2.05) is 0 Å². The van der Waals surface area contributed by atoms with Crippen molar-refractivity contribution >= 4 is 11.6 Å². The first-order valence-corrected chi connectivity index (χ1v) is 5.21. The lowest BCUT2D eigenvalue weighted by molar-refractivity contribution is -0.117. The summed E-state index contributed by atoms with van der Waals surface area (Å²) in [5, 5.41) is 2.74. The van der Waals surface area contributed by atoms with Crippen LogP contribution in [0.3, 0.4) is 0 Å². The van der Waals surface area contributed by atoms with Crippen molar-refractivity contribution in [2.75, 3.05) is 25.6 Å². The molecule has 1 aromatic carbocycles. The van der Waals surface area contributed by atoms with Crippen LogP contribution in [0.25, 0.3) is 0 Å². The third kappa shape index (κ3) is 5.05. The molecule has 0 saturated heterocycles. The molecule has 1 N–H and O–H groups in total. The molecule has 0 fully saturated rings. The van der Waals surface area contributed by atoms with Crippen LogP contribution in [0.15, 0.2) is 24.3 Å². The molecule has 1 rings (SSSR count). The van der Waals surface area contributed by atoms with Gasteiger partial charge in [0.15, 0.2) is 0 Å². The lowest BCUT2D eigenvalue weighted by Crippen LogP contribution is -2.13. The summed E-state index contributed by atoms with van der Waals surface area (Å²) in [6.07, 6.45) is 5.42. The van der Waals surface area contributed by atoms with Gasteiger partial charge in [0.2, 0.25) is 5.91 Å². The highest BCUT2D eigenvalue weighted by Gasteiger charge is 2.02. The van der Waals surface area contributed by atoms with Crippen LogP contribution in [0.5, 0.6) is 5.75 Å². The van der Waals surface area contributed by atoms with E-state index in [0.29, 0.717) is 24.5 Å². The van der Waals surface area contributed by atoms with E-state index in [0.717, 1.165) is 0 Å². The Bertz CT molecular complexity index is 409. The topological polar surface area (TPSA) is 47.6 Å². The molecule has 1 amide bonds. The quantitative estimate of drug-likeness (QED) is 0.760. The van der Waals surface area contributed by atoms with Gasteiger partial charge >= 0.3 is 0 Å². The Hall–Kier alpha value is -1.99. The molecule has 0 saturated carbocycles. The van der Waals surface area contributed by atoms with E-state index < -0.39 is 0 Å². The minimum Gasteiger partial charge on any atom is -0.481 e. The molecule has 17 heavy (non-hydrogen) atoms. The molecular formula is C13H15NO3. The zero-order valence-corrected chi connectivity index (χ0v) is 9.73. The van der Waals surface area contributed by atoms with Gasteiger partial charge in [-0.15, -0.1) is 6.42 Å². The van der Waals surface area contributed by atoms with Crippen LogP contribution in [-0.2, 0) is 9.53 Å². The van der Waals surface area contributed by atoms with Gasteiger partial charge in [-0.3, -0.25) is 4.79 Å². The molecule has 0 aliphatic carbocycles. The second kappa shape index (κ2) is 7.31. The number of methoxy groups -OCH3 is 1. The highest BCUT2D eigenvalue weighted by atomic mass is 16.5. The molecule has 0 heterocycles. The third-order valence-electron chi connectivity index (χ3n) is 1.97. The van der Waals surface area contributed by atoms with Crippen LogP contribution in [0, 0.1) is 12.3 Å². The van der Waals surface area contributed by atoms with E-state index in [1.54, 1.807) is 31.4 Å². The van der Waals surface area contributed by atoms with Crippen molar-refractivity contribution in [3.63, 3.8) is 0 Å². The smallest absolute Gasteiger partial charge is 0.226 e. The molecule has 0 aromatic heterocycles. The van der Waals surface area contributed by atoms with E-state index in [2.05, 4.69) is 11.2 Å². The first-order valence-electron chi connectivity index (χ1n) is 5.21. The number of rotatable bonds is 6. The summed E-state index contributed by atoms with van der Waals surface area (Å²) in [6.45, 7) is 0.611. The molecule has 1 aromatic rings. The number of benzene rings is 1. The maximum atomic E-state index is 11.4. The molecule has 0 radical (unpaired) electrons. The monoisotopic (exact) mass is 233 g/mol. The number of carbonyl (C=O) groups is 1. The van der Waals surface area contributed by atoms with E-state index in [9.17, 15) is 4.79 Å². The summed E-state index contributed by atoms with van der Waals surface area (Å²) in [7, 11) is 1.56. The largest absolute Gasteiger partial charge is 0.481 e.